The summed E-state index contributed by atoms with van der Waals surface area (Å²) in [4.78, 5) is 12.1. The third-order valence-corrected chi connectivity index (χ3v) is 5.05. The molecule has 7 heteroatoms. The molecule has 0 aliphatic heterocycles. The van der Waals surface area contributed by atoms with E-state index in [1.807, 2.05) is 54.9 Å². The molecule has 1 heterocycles. The summed E-state index contributed by atoms with van der Waals surface area (Å²) < 4.78 is 1.90. The Labute approximate surface area is 155 Å². The van der Waals surface area contributed by atoms with Crippen molar-refractivity contribution in [3.8, 4) is 11.4 Å². The topological polar surface area (TPSA) is 59.8 Å². The molecule has 0 radical (unpaired) electrons. The van der Waals surface area contributed by atoms with Gasteiger partial charge in [-0.2, -0.15) is 0 Å². The molecule has 1 aromatic heterocycles. The second-order valence-electron chi connectivity index (χ2n) is 5.50. The summed E-state index contributed by atoms with van der Waals surface area (Å²) >= 11 is 7.38. The van der Waals surface area contributed by atoms with Crippen molar-refractivity contribution in [1.29, 1.82) is 0 Å². The monoisotopic (exact) mass is 372 g/mol. The van der Waals surface area contributed by atoms with Gasteiger partial charge >= 0.3 is 0 Å². The molecule has 2 aromatic carbocycles. The minimum atomic E-state index is -0.140. The first-order valence-electron chi connectivity index (χ1n) is 7.69. The van der Waals surface area contributed by atoms with Gasteiger partial charge in [-0.15, -0.1) is 10.2 Å². The summed E-state index contributed by atoms with van der Waals surface area (Å²) in [5.41, 5.74) is 2.77. The molecular weight excluding hydrogens is 356 g/mol. The Morgan fingerprint density at radius 2 is 1.88 bits per heavy atom. The Morgan fingerprint density at radius 1 is 1.16 bits per heavy atom. The number of rotatable bonds is 5. The zero-order chi connectivity index (χ0) is 17.8. The molecule has 128 valence electrons. The number of aryl methyl sites for hydroxylation is 1. The molecule has 0 atom stereocenters. The van der Waals surface area contributed by atoms with Crippen LogP contribution in [0.25, 0.3) is 11.4 Å². The number of carbonyl (C=O) groups is 1. The zero-order valence-electron chi connectivity index (χ0n) is 13.9. The SMILES string of the molecule is Cc1ccccc1-c1nnc(SCC(=O)Nc2ccccc2Cl)n1C. The summed E-state index contributed by atoms with van der Waals surface area (Å²) in [6.45, 7) is 2.04. The van der Waals surface area contributed by atoms with E-state index in [1.165, 1.54) is 11.8 Å². The number of carbonyl (C=O) groups excluding carboxylic acids is 1. The fourth-order valence-corrected chi connectivity index (χ4v) is 3.27. The van der Waals surface area contributed by atoms with E-state index >= 15 is 0 Å². The molecule has 0 aliphatic rings. The molecule has 1 N–H and O–H groups in total. The molecule has 0 saturated heterocycles. The number of anilines is 1. The number of aromatic nitrogens is 3. The molecular formula is C18H17ClN4OS. The van der Waals surface area contributed by atoms with Gasteiger partial charge in [-0.1, -0.05) is 59.8 Å². The predicted molar refractivity (Wildman–Crippen MR) is 102 cm³/mol. The van der Waals surface area contributed by atoms with E-state index in [0.29, 0.717) is 15.9 Å². The lowest BCUT2D eigenvalue weighted by Gasteiger charge is -2.07. The first-order chi connectivity index (χ1) is 12.1. The lowest BCUT2D eigenvalue weighted by atomic mass is 10.1. The Bertz CT molecular complexity index is 910. The molecule has 0 saturated carbocycles. The molecule has 0 aliphatic carbocycles. The van der Waals surface area contributed by atoms with Gasteiger partial charge in [0.2, 0.25) is 5.91 Å². The Balaban J connectivity index is 1.67. The lowest BCUT2D eigenvalue weighted by Crippen LogP contribution is -2.14. The minimum absolute atomic E-state index is 0.140. The van der Waals surface area contributed by atoms with Gasteiger partial charge in [-0.25, -0.2) is 0 Å². The Hall–Kier alpha value is -2.31. The number of amides is 1. The Kier molecular flexibility index (Phi) is 5.40. The number of hydrogen-bond donors (Lipinski definition) is 1. The summed E-state index contributed by atoms with van der Waals surface area (Å²) in [5.74, 6) is 0.871. The van der Waals surface area contributed by atoms with Gasteiger partial charge in [0.25, 0.3) is 0 Å². The van der Waals surface area contributed by atoms with Crippen molar-refractivity contribution in [3.05, 3.63) is 59.1 Å². The molecule has 0 unspecified atom stereocenters. The number of benzene rings is 2. The van der Waals surface area contributed by atoms with Gasteiger partial charge in [0.1, 0.15) is 0 Å². The van der Waals surface area contributed by atoms with E-state index < -0.39 is 0 Å². The predicted octanol–water partition coefficient (Wildman–Crippen LogP) is 4.17. The van der Waals surface area contributed by atoms with Crippen molar-refractivity contribution in [2.75, 3.05) is 11.1 Å². The molecule has 3 rings (SSSR count). The van der Waals surface area contributed by atoms with Crippen LogP contribution in [-0.2, 0) is 11.8 Å². The van der Waals surface area contributed by atoms with Gasteiger partial charge in [0.15, 0.2) is 11.0 Å². The highest BCUT2D eigenvalue weighted by Crippen LogP contribution is 2.25. The van der Waals surface area contributed by atoms with Crippen LogP contribution in [0.3, 0.4) is 0 Å². The van der Waals surface area contributed by atoms with Crippen LogP contribution in [0.2, 0.25) is 5.02 Å². The van der Waals surface area contributed by atoms with Gasteiger partial charge in [0.05, 0.1) is 16.5 Å². The standard InChI is InChI=1S/C18H17ClN4OS/c1-12-7-3-4-8-13(12)17-21-22-18(23(17)2)25-11-16(24)20-15-10-6-5-9-14(15)19/h3-10H,11H2,1-2H3,(H,20,24). The smallest absolute Gasteiger partial charge is 0.234 e. The van der Waals surface area contributed by atoms with Crippen molar-refractivity contribution in [2.45, 2.75) is 12.1 Å². The van der Waals surface area contributed by atoms with Crippen LogP contribution >= 0.6 is 23.4 Å². The first-order valence-corrected chi connectivity index (χ1v) is 9.05. The van der Waals surface area contributed by atoms with Crippen molar-refractivity contribution in [3.63, 3.8) is 0 Å². The van der Waals surface area contributed by atoms with E-state index in [1.54, 1.807) is 12.1 Å². The molecule has 1 amide bonds. The summed E-state index contributed by atoms with van der Waals surface area (Å²) in [7, 11) is 1.90. The summed E-state index contributed by atoms with van der Waals surface area (Å²) in [6, 6.07) is 15.2. The highest BCUT2D eigenvalue weighted by molar-refractivity contribution is 7.99. The number of para-hydroxylation sites is 1. The molecule has 0 fully saturated rings. The maximum atomic E-state index is 12.1. The van der Waals surface area contributed by atoms with Crippen molar-refractivity contribution in [1.82, 2.24) is 14.8 Å². The number of hydrogen-bond acceptors (Lipinski definition) is 4. The third-order valence-electron chi connectivity index (χ3n) is 3.70. The van der Waals surface area contributed by atoms with E-state index in [9.17, 15) is 4.79 Å². The second kappa shape index (κ2) is 7.72. The molecule has 25 heavy (non-hydrogen) atoms. The van der Waals surface area contributed by atoms with E-state index in [4.69, 9.17) is 11.6 Å². The van der Waals surface area contributed by atoms with Gasteiger partial charge in [0, 0.05) is 12.6 Å². The van der Waals surface area contributed by atoms with Gasteiger partial charge < -0.3 is 9.88 Å². The second-order valence-corrected chi connectivity index (χ2v) is 6.85. The van der Waals surface area contributed by atoms with Crippen LogP contribution < -0.4 is 5.32 Å². The summed E-state index contributed by atoms with van der Waals surface area (Å²) in [5, 5.41) is 12.5. The highest BCUT2D eigenvalue weighted by Gasteiger charge is 2.14. The third kappa shape index (κ3) is 4.03. The van der Waals surface area contributed by atoms with Crippen molar-refractivity contribution < 1.29 is 4.79 Å². The number of thioether (sulfide) groups is 1. The zero-order valence-corrected chi connectivity index (χ0v) is 15.4. The maximum absolute atomic E-state index is 12.1. The van der Waals surface area contributed by atoms with Gasteiger partial charge in [-0.3, -0.25) is 4.79 Å². The Morgan fingerprint density at radius 3 is 2.64 bits per heavy atom. The summed E-state index contributed by atoms with van der Waals surface area (Å²) in [6.07, 6.45) is 0. The van der Waals surface area contributed by atoms with Crippen LogP contribution in [0, 0.1) is 6.92 Å². The van der Waals surface area contributed by atoms with E-state index in [2.05, 4.69) is 15.5 Å². The number of nitrogens with zero attached hydrogens (tertiary/aromatic N) is 3. The molecule has 3 aromatic rings. The van der Waals surface area contributed by atoms with Crippen molar-refractivity contribution >= 4 is 35.0 Å². The van der Waals surface area contributed by atoms with E-state index in [-0.39, 0.29) is 11.7 Å². The number of halogens is 1. The lowest BCUT2D eigenvalue weighted by molar-refractivity contribution is -0.113. The largest absolute Gasteiger partial charge is 0.324 e. The van der Waals surface area contributed by atoms with E-state index in [0.717, 1.165) is 17.0 Å². The van der Waals surface area contributed by atoms with Crippen LogP contribution in [0.1, 0.15) is 5.56 Å². The van der Waals surface area contributed by atoms with Crippen LogP contribution in [-0.4, -0.2) is 26.4 Å². The maximum Gasteiger partial charge on any atom is 0.234 e. The fraction of sp³-hybridized carbons (Fsp3) is 0.167. The molecule has 5 nitrogen and oxygen atoms in total. The average molecular weight is 373 g/mol. The average Bonchev–Trinajstić information content (AvgIpc) is 2.96. The minimum Gasteiger partial charge on any atom is -0.324 e. The fourth-order valence-electron chi connectivity index (χ4n) is 2.38. The molecule has 0 spiro atoms. The molecule has 0 bridgehead atoms. The first kappa shape index (κ1) is 17.5. The highest BCUT2D eigenvalue weighted by atomic mass is 35.5. The van der Waals surface area contributed by atoms with Gasteiger partial charge in [-0.05, 0) is 24.6 Å². The van der Waals surface area contributed by atoms with Crippen LogP contribution in [0.15, 0.2) is 53.7 Å². The van der Waals surface area contributed by atoms with Crippen molar-refractivity contribution in [2.24, 2.45) is 7.05 Å². The van der Waals surface area contributed by atoms with Crippen LogP contribution in [0.5, 0.6) is 0 Å². The van der Waals surface area contributed by atoms with Crippen LogP contribution in [0.4, 0.5) is 5.69 Å². The number of nitrogens with one attached hydrogen (secondary N) is 1. The quantitative estimate of drug-likeness (QED) is 0.683. The normalized spacial score (nSPS) is 10.7.